The molecule has 6 nitrogen and oxygen atoms in total. The fourth-order valence-electron chi connectivity index (χ4n) is 1.03. The van der Waals surface area contributed by atoms with Crippen molar-refractivity contribution in [2.75, 3.05) is 20.2 Å². The molecule has 96 valence electrons. The molecule has 0 unspecified atom stereocenters. The minimum Gasteiger partial charge on any atom is -0.411 e. The first-order valence-electron chi connectivity index (χ1n) is 4.56. The van der Waals surface area contributed by atoms with E-state index < -0.39 is 31.0 Å². The van der Waals surface area contributed by atoms with Crippen LogP contribution in [0.15, 0.2) is 0 Å². The lowest BCUT2D eigenvalue weighted by Crippen LogP contribution is -2.49. The van der Waals surface area contributed by atoms with Crippen molar-refractivity contribution in [1.29, 1.82) is 0 Å². The van der Waals surface area contributed by atoms with Crippen LogP contribution in [-0.2, 0) is 12.6 Å². The zero-order chi connectivity index (χ0) is 12.9. The molecular weight excluding hydrogens is 254 g/mol. The molecule has 0 bridgehead atoms. The van der Waals surface area contributed by atoms with Gasteiger partial charge in [0.1, 0.15) is 18.3 Å². The van der Waals surface area contributed by atoms with Crippen LogP contribution in [0, 0.1) is 0 Å². The molecule has 16 heavy (non-hydrogen) atoms. The molecule has 0 heterocycles. The quantitative estimate of drug-likeness (QED) is 0.260. The second kappa shape index (κ2) is 7.28. The molecule has 0 aliphatic heterocycles. The Morgan fingerprint density at radius 2 is 1.62 bits per heavy atom. The summed E-state index contributed by atoms with van der Waals surface area (Å²) in [6, 6.07) is 0. The van der Waals surface area contributed by atoms with Crippen molar-refractivity contribution in [3.8, 4) is 0 Å². The van der Waals surface area contributed by atoms with E-state index in [-0.39, 0.29) is 10.9 Å². The summed E-state index contributed by atoms with van der Waals surface area (Å²) in [6.45, 7) is -0.779. The van der Waals surface area contributed by atoms with Crippen LogP contribution in [0.5, 0.6) is 0 Å². The van der Waals surface area contributed by atoms with Crippen LogP contribution in [0.3, 0.4) is 0 Å². The molecule has 0 aliphatic carbocycles. The third-order valence-electron chi connectivity index (χ3n) is 2.10. The Kier molecular flexibility index (Phi) is 7.24. The van der Waals surface area contributed by atoms with Crippen LogP contribution in [0.1, 0.15) is 0 Å². The summed E-state index contributed by atoms with van der Waals surface area (Å²) in [5, 5.41) is 45.9. The average molecular weight is 270 g/mol. The van der Waals surface area contributed by atoms with Crippen molar-refractivity contribution in [1.82, 2.24) is 4.90 Å². The second-order valence-corrected chi connectivity index (χ2v) is 4.48. The summed E-state index contributed by atoms with van der Waals surface area (Å²) < 4.78 is 0.114. The Bertz CT molecular complexity index is 230. The Morgan fingerprint density at radius 3 is 2.00 bits per heavy atom. The lowest BCUT2D eigenvalue weighted by molar-refractivity contribution is -0.116. The predicted molar refractivity (Wildman–Crippen MR) is 63.7 cm³/mol. The third-order valence-corrected chi connectivity index (χ3v) is 2.72. The molecule has 0 saturated carbocycles. The number of aliphatic hydroxyl groups excluding tert-OH is 5. The summed E-state index contributed by atoms with van der Waals surface area (Å²) in [7, 11) is 1.53. The van der Waals surface area contributed by atoms with E-state index in [1.807, 2.05) is 0 Å². The van der Waals surface area contributed by atoms with Gasteiger partial charge in [0.15, 0.2) is 0 Å². The number of hydrogen-bond acceptors (Lipinski definition) is 7. The molecule has 0 aromatic heterocycles. The van der Waals surface area contributed by atoms with Gasteiger partial charge in [-0.3, -0.25) is 0 Å². The van der Waals surface area contributed by atoms with Crippen molar-refractivity contribution in [3.63, 3.8) is 0 Å². The lowest BCUT2D eigenvalue weighted by atomic mass is 10.0. The molecule has 0 rings (SSSR count). The topological polar surface area (TPSA) is 104 Å². The molecule has 0 aliphatic rings. The first-order chi connectivity index (χ1) is 7.31. The largest absolute Gasteiger partial charge is 0.411 e. The zero-order valence-corrected chi connectivity index (χ0v) is 10.4. The lowest BCUT2D eigenvalue weighted by Gasteiger charge is -2.31. The van der Waals surface area contributed by atoms with E-state index in [9.17, 15) is 15.3 Å². The van der Waals surface area contributed by atoms with Crippen LogP contribution in [0.4, 0.5) is 0 Å². The average Bonchev–Trinajstić information content (AvgIpc) is 2.25. The Labute approximate surface area is 105 Å². The van der Waals surface area contributed by atoms with E-state index >= 15 is 0 Å². The molecule has 8 heteroatoms. The smallest absolute Gasteiger partial charge is 0.111 e. The van der Waals surface area contributed by atoms with Gasteiger partial charge in [-0.25, -0.2) is 0 Å². The highest BCUT2D eigenvalue weighted by Crippen LogP contribution is 2.06. The van der Waals surface area contributed by atoms with E-state index in [1.165, 1.54) is 11.9 Å². The number of hydrogen-bond donors (Lipinski definition) is 5. The van der Waals surface area contributed by atoms with Crippen molar-refractivity contribution in [2.45, 2.75) is 24.4 Å². The van der Waals surface area contributed by atoms with Crippen LogP contribution >= 0.6 is 12.2 Å². The second-order valence-electron chi connectivity index (χ2n) is 3.44. The molecule has 0 aromatic carbocycles. The third kappa shape index (κ3) is 4.83. The minimum absolute atomic E-state index is 0.0707. The predicted octanol–water partition coefficient (Wildman–Crippen LogP) is -2.81. The molecule has 0 fully saturated rings. The molecular formula is C8H16NO5S2-. The Hall–Kier alpha value is -0.0900. The minimum atomic E-state index is -1.63. The van der Waals surface area contributed by atoms with Gasteiger partial charge in [0, 0.05) is 13.6 Å². The highest BCUT2D eigenvalue weighted by Gasteiger charge is 2.30. The fraction of sp³-hybridized carbons (Fsp3) is 0.875. The summed E-state index contributed by atoms with van der Waals surface area (Å²) in [6.07, 6.45) is -6.06. The summed E-state index contributed by atoms with van der Waals surface area (Å²) in [5.41, 5.74) is 0. The summed E-state index contributed by atoms with van der Waals surface area (Å²) >= 11 is 9.32. The summed E-state index contributed by atoms with van der Waals surface area (Å²) in [4.78, 5) is 1.34. The van der Waals surface area contributed by atoms with Crippen LogP contribution in [-0.4, -0.2) is 79.4 Å². The molecule has 0 aromatic rings. The first-order valence-corrected chi connectivity index (χ1v) is 5.38. The van der Waals surface area contributed by atoms with Crippen LogP contribution in [0.2, 0.25) is 0 Å². The molecule has 0 amide bonds. The normalized spacial score (nSPS) is 18.6. The van der Waals surface area contributed by atoms with Gasteiger partial charge in [0.05, 0.1) is 12.7 Å². The number of nitrogens with zero attached hydrogens (tertiary/aromatic N) is 1. The van der Waals surface area contributed by atoms with Crippen molar-refractivity contribution in [3.05, 3.63) is 0 Å². The van der Waals surface area contributed by atoms with Crippen molar-refractivity contribution >= 4 is 29.2 Å². The molecule has 5 N–H and O–H groups in total. The Balaban J connectivity index is 4.27. The maximum atomic E-state index is 9.50. The standard InChI is InChI=1S/C8H17NO5S2/c1-9(8(15)16)2-4(11)6(13)7(14)5(12)3-10/h4-7,10-14H,2-3H2,1H3,(H,15,16)/p-1/t4-,5+,6+,7+/m0/s1. The molecule has 4 atom stereocenters. The van der Waals surface area contributed by atoms with Crippen molar-refractivity contribution in [2.24, 2.45) is 0 Å². The number of likely N-dealkylation sites (N-methyl/N-ethyl adjacent to an activating group) is 1. The molecule has 0 spiro atoms. The maximum Gasteiger partial charge on any atom is 0.111 e. The maximum absolute atomic E-state index is 9.50. The van der Waals surface area contributed by atoms with E-state index in [1.54, 1.807) is 0 Å². The van der Waals surface area contributed by atoms with Gasteiger partial charge in [-0.05, 0) is 0 Å². The highest BCUT2D eigenvalue weighted by atomic mass is 32.1. The summed E-state index contributed by atoms with van der Waals surface area (Å²) in [5.74, 6) is 0. The van der Waals surface area contributed by atoms with Gasteiger partial charge < -0.3 is 55.3 Å². The van der Waals surface area contributed by atoms with E-state index in [0.29, 0.717) is 0 Å². The molecule has 0 radical (unpaired) electrons. The van der Waals surface area contributed by atoms with E-state index in [4.69, 9.17) is 10.2 Å². The monoisotopic (exact) mass is 270 g/mol. The SMILES string of the molecule is CN(C[C@H](O)[C@@H](O)[C@H](O)[C@H](O)CO)C(=S)[S-]. The van der Waals surface area contributed by atoms with E-state index in [0.717, 1.165) is 0 Å². The van der Waals surface area contributed by atoms with Gasteiger partial charge >= 0.3 is 0 Å². The first kappa shape index (κ1) is 15.9. The van der Waals surface area contributed by atoms with Gasteiger partial charge in [-0.2, -0.15) is 0 Å². The van der Waals surface area contributed by atoms with Crippen LogP contribution < -0.4 is 0 Å². The van der Waals surface area contributed by atoms with Gasteiger partial charge in [0.25, 0.3) is 0 Å². The van der Waals surface area contributed by atoms with Gasteiger partial charge in [-0.15, -0.1) is 0 Å². The number of thiocarbonyl (C=S) groups is 1. The van der Waals surface area contributed by atoms with Gasteiger partial charge in [0.2, 0.25) is 0 Å². The van der Waals surface area contributed by atoms with Crippen molar-refractivity contribution < 1.29 is 25.5 Å². The zero-order valence-electron chi connectivity index (χ0n) is 8.72. The highest BCUT2D eigenvalue weighted by molar-refractivity contribution is 8.00. The Morgan fingerprint density at radius 1 is 1.19 bits per heavy atom. The van der Waals surface area contributed by atoms with E-state index in [2.05, 4.69) is 24.8 Å². The fourth-order valence-corrected chi connectivity index (χ4v) is 1.18. The number of rotatable bonds is 6. The van der Waals surface area contributed by atoms with Gasteiger partial charge in [-0.1, -0.05) is 4.32 Å². The number of aliphatic hydroxyl groups is 5. The van der Waals surface area contributed by atoms with Crippen LogP contribution in [0.25, 0.3) is 0 Å². The molecule has 0 saturated heterocycles.